The van der Waals surface area contributed by atoms with E-state index in [-0.39, 0.29) is 74.8 Å². The van der Waals surface area contributed by atoms with E-state index < -0.39 is 59.6 Å². The summed E-state index contributed by atoms with van der Waals surface area (Å²) < 4.78 is 71.7. The Hall–Kier alpha value is -13.1. The van der Waals surface area contributed by atoms with E-state index in [0.717, 1.165) is 33.4 Å². The molecule has 28 nitrogen and oxygen atoms in total. The van der Waals surface area contributed by atoms with Crippen LogP contribution in [-0.2, 0) is 68.3 Å². The third-order valence-corrected chi connectivity index (χ3v) is 18.3. The molecule has 12 rings (SSSR count). The largest absolute Gasteiger partial charge is 0.493 e. The number of ether oxygens (including phenoxy) is 12. The second-order valence-electron chi connectivity index (χ2n) is 25.7. The molecule has 0 saturated carbocycles. The van der Waals surface area contributed by atoms with Crippen LogP contribution in [0.4, 0.5) is 0 Å². The zero-order chi connectivity index (χ0) is 77.5. The van der Waals surface area contributed by atoms with Gasteiger partial charge in [-0.15, -0.1) is 0 Å². The van der Waals surface area contributed by atoms with Crippen molar-refractivity contribution in [1.29, 1.82) is 0 Å². The van der Waals surface area contributed by atoms with Crippen LogP contribution in [0.3, 0.4) is 0 Å². The molecule has 2 unspecified atom stereocenters. The van der Waals surface area contributed by atoms with Gasteiger partial charge in [0.15, 0.2) is 46.0 Å². The van der Waals surface area contributed by atoms with Gasteiger partial charge in [-0.2, -0.15) is 0 Å². The number of Topliss-reactive ketones (excluding diaryl/α,β-unsaturated/α-hetero) is 2. The van der Waals surface area contributed by atoms with Crippen molar-refractivity contribution < 1.29 is 96.6 Å². The summed E-state index contributed by atoms with van der Waals surface area (Å²) in [5.74, 6) is -0.615. The third kappa shape index (κ3) is 21.2. The molecular formula is C84H88N8O20. The Kier molecular flexibility index (Phi) is 29.9. The number of rotatable bonds is 32. The van der Waals surface area contributed by atoms with E-state index in [0.29, 0.717) is 105 Å². The molecule has 4 atom stereocenters. The Balaban J connectivity index is 0.000000253. The second kappa shape index (κ2) is 40.4. The van der Waals surface area contributed by atoms with Crippen molar-refractivity contribution in [2.75, 3.05) is 41.5 Å². The van der Waals surface area contributed by atoms with Crippen molar-refractivity contribution in [2.24, 2.45) is 0 Å². The number of nitrogens with zero attached hydrogens (tertiary/aromatic N) is 8. The Bertz CT molecular complexity index is 4380. The maximum Gasteiger partial charge on any atom is 0.329 e. The number of benzene rings is 4. The SMILES string of the molecule is COc1cc(C(=O)C(=O)N2CCC[C@@H]2C(=O)OC(C)c2cc(OCc3ccncc3)c(OCc3ccncc3)c(OCc3ccncc3)c2)cc(C)c1OC.COc1cc(C(=O)C(=O)N2CCC[C@@H]2C(=O)OC(C)c2cc(OCc3ccncc3)c(OCc3ccncc3)c(OCc3ccncc3)c2)cc(C)c1OC.O.O. The highest BCUT2D eigenvalue weighted by atomic mass is 16.6. The van der Waals surface area contributed by atoms with Crippen LogP contribution in [0, 0.1) is 13.8 Å². The summed E-state index contributed by atoms with van der Waals surface area (Å²) in [6.45, 7) is 8.62. The molecule has 2 fully saturated rings. The first-order chi connectivity index (χ1) is 53.5. The number of hydrogen-bond acceptors (Lipinski definition) is 24. The molecular weight excluding hydrogens is 1440 g/mol. The average Bonchev–Trinajstić information content (AvgIpc) is 1.50. The molecule has 0 bridgehead atoms. The van der Waals surface area contributed by atoms with Crippen molar-refractivity contribution >= 4 is 35.3 Å². The van der Waals surface area contributed by atoms with Crippen LogP contribution in [0.2, 0.25) is 0 Å². The van der Waals surface area contributed by atoms with Crippen molar-refractivity contribution in [2.45, 2.75) is 117 Å². The van der Waals surface area contributed by atoms with E-state index in [1.807, 2.05) is 72.8 Å². The molecule has 28 heteroatoms. The number of carbonyl (C=O) groups is 6. The van der Waals surface area contributed by atoms with Crippen LogP contribution in [0.1, 0.15) is 128 Å². The number of carbonyl (C=O) groups excluding carboxylic acids is 6. The summed E-state index contributed by atoms with van der Waals surface area (Å²) in [6, 6.07) is 33.3. The van der Waals surface area contributed by atoms with Crippen LogP contribution >= 0.6 is 0 Å². The van der Waals surface area contributed by atoms with Gasteiger partial charge in [0.05, 0.1) is 28.4 Å². The van der Waals surface area contributed by atoms with Crippen molar-refractivity contribution in [1.82, 2.24) is 39.7 Å². The highest BCUT2D eigenvalue weighted by Crippen LogP contribution is 2.45. The molecule has 0 aliphatic carbocycles. The van der Waals surface area contributed by atoms with E-state index in [1.54, 1.807) is 138 Å². The number of methoxy groups -OCH3 is 4. The molecule has 0 spiro atoms. The predicted molar refractivity (Wildman–Crippen MR) is 407 cm³/mol. The van der Waals surface area contributed by atoms with Gasteiger partial charge in [0.1, 0.15) is 63.9 Å². The summed E-state index contributed by atoms with van der Waals surface area (Å²) in [6.07, 6.45) is 20.3. The second-order valence-corrected chi connectivity index (χ2v) is 25.7. The van der Waals surface area contributed by atoms with Gasteiger partial charge >= 0.3 is 11.9 Å². The molecule has 4 aromatic carbocycles. The van der Waals surface area contributed by atoms with E-state index >= 15 is 0 Å². The minimum absolute atomic E-state index is 0. The van der Waals surface area contributed by atoms with Crippen LogP contribution < -0.4 is 47.4 Å². The minimum atomic E-state index is -0.951. The van der Waals surface area contributed by atoms with Crippen LogP contribution in [0.15, 0.2) is 196 Å². The van der Waals surface area contributed by atoms with Crippen molar-refractivity contribution in [3.05, 3.63) is 262 Å². The smallest absolute Gasteiger partial charge is 0.329 e. The number of hydrogen-bond donors (Lipinski definition) is 0. The maximum atomic E-state index is 13.8. The molecule has 10 aromatic rings. The summed E-state index contributed by atoms with van der Waals surface area (Å²) in [4.78, 5) is 109. The fourth-order valence-electron chi connectivity index (χ4n) is 12.4. The summed E-state index contributed by atoms with van der Waals surface area (Å²) in [5.41, 5.74) is 7.94. The van der Waals surface area contributed by atoms with Gasteiger partial charge in [0.2, 0.25) is 11.5 Å². The van der Waals surface area contributed by atoms with E-state index in [9.17, 15) is 28.8 Å². The maximum absolute atomic E-state index is 13.8. The Labute approximate surface area is 647 Å². The number of pyridine rings is 6. The zero-order valence-electron chi connectivity index (χ0n) is 63.2. The highest BCUT2D eigenvalue weighted by molar-refractivity contribution is 6.43. The molecule has 2 amide bonds. The Morgan fingerprint density at radius 3 is 0.866 bits per heavy atom. The standard InChI is InChI=1S/2C42H42N4O9.2H2O/c2*1-27-20-33(23-35(50-3)39(27)51-4)38(47)41(48)46-19-5-6-34(46)42(49)55-28(2)32-21-36(52-24-29-7-13-43-14-8-29)40(54-26-31-11-17-45-18-12-31)37(22-32)53-25-30-9-15-44-16-10-30;;/h2*7-18,20-23,28,34H,5-6,19,24-26H2,1-4H3;2*1H2/t2*28?,34-;;/m11../s1. The van der Waals surface area contributed by atoms with Crippen LogP contribution in [0.5, 0.6) is 57.5 Å². The zero-order valence-corrected chi connectivity index (χ0v) is 63.2. The van der Waals surface area contributed by atoms with Gasteiger partial charge < -0.3 is 77.6 Å². The lowest BCUT2D eigenvalue weighted by atomic mass is 10.0. The third-order valence-electron chi connectivity index (χ3n) is 18.3. The van der Waals surface area contributed by atoms with E-state index in [4.69, 9.17) is 56.8 Å². The van der Waals surface area contributed by atoms with Gasteiger partial charge in [-0.3, -0.25) is 49.1 Å². The molecule has 0 radical (unpaired) electrons. The molecule has 584 valence electrons. The van der Waals surface area contributed by atoms with E-state index in [2.05, 4.69) is 29.9 Å². The molecule has 112 heavy (non-hydrogen) atoms. The summed E-state index contributed by atoms with van der Waals surface area (Å²) >= 11 is 0. The topological polar surface area (TPSA) is 360 Å². The van der Waals surface area contributed by atoms with Gasteiger partial charge in [0.25, 0.3) is 23.4 Å². The van der Waals surface area contributed by atoms with Crippen molar-refractivity contribution in [3.63, 3.8) is 0 Å². The molecule has 4 N–H and O–H groups in total. The molecule has 2 aliphatic heterocycles. The van der Waals surface area contributed by atoms with Crippen molar-refractivity contribution in [3.8, 4) is 57.5 Å². The van der Waals surface area contributed by atoms with Gasteiger partial charge in [0, 0.05) is 98.6 Å². The summed E-state index contributed by atoms with van der Waals surface area (Å²) in [5, 5.41) is 0. The molecule has 6 aromatic heterocycles. The first-order valence-electron chi connectivity index (χ1n) is 35.5. The molecule has 8 heterocycles. The Morgan fingerprint density at radius 1 is 0.357 bits per heavy atom. The normalized spacial score (nSPS) is 13.9. The molecule has 2 aliphatic rings. The quantitative estimate of drug-likeness (QED) is 0.0215. The summed E-state index contributed by atoms with van der Waals surface area (Å²) in [7, 11) is 5.91. The first kappa shape index (κ1) is 83.0. The van der Waals surface area contributed by atoms with Crippen LogP contribution in [0.25, 0.3) is 0 Å². The lowest BCUT2D eigenvalue weighted by Gasteiger charge is -2.25. The lowest BCUT2D eigenvalue weighted by molar-refractivity contribution is -0.157. The lowest BCUT2D eigenvalue weighted by Crippen LogP contribution is -2.44. The number of esters is 2. The van der Waals surface area contributed by atoms with Gasteiger partial charge in [-0.1, -0.05) is 0 Å². The number of aryl methyl sites for hydroxylation is 2. The number of aromatic nitrogens is 6. The number of ketones is 2. The van der Waals surface area contributed by atoms with E-state index in [1.165, 1.54) is 50.4 Å². The van der Waals surface area contributed by atoms with Gasteiger partial charge in [-0.05, 0) is 230 Å². The Morgan fingerprint density at radius 2 is 0.616 bits per heavy atom. The minimum Gasteiger partial charge on any atom is -0.493 e. The average molecular weight is 1530 g/mol. The van der Waals surface area contributed by atoms with Crippen LogP contribution in [-0.4, -0.2) is 140 Å². The monoisotopic (exact) mass is 1530 g/mol. The first-order valence-corrected chi connectivity index (χ1v) is 35.5. The fraction of sp³-hybridized carbons (Fsp3) is 0.286. The predicted octanol–water partition coefficient (Wildman–Crippen LogP) is 11.2. The molecule has 2 saturated heterocycles. The highest BCUT2D eigenvalue weighted by Gasteiger charge is 2.41. The fourth-order valence-corrected chi connectivity index (χ4v) is 12.4. The van der Waals surface area contributed by atoms with Gasteiger partial charge in [-0.25, -0.2) is 9.59 Å². The number of likely N-dealkylation sites (tertiary alicyclic amines) is 2. The number of amides is 2.